The smallest absolute Gasteiger partial charge is 0.407 e. The van der Waals surface area contributed by atoms with E-state index < -0.39 is 97.7 Å². The van der Waals surface area contributed by atoms with Gasteiger partial charge in [0, 0.05) is 46.5 Å². The predicted octanol–water partition coefficient (Wildman–Crippen LogP) is 9.65. The first-order valence-corrected chi connectivity index (χ1v) is 33.6. The van der Waals surface area contributed by atoms with E-state index in [0.29, 0.717) is 65.0 Å². The van der Waals surface area contributed by atoms with Crippen LogP contribution in [0.25, 0.3) is 44.5 Å². The standard InChI is InChI=1S/C72H75N7O14S/c1-6-72(55-36-59-62-46(33-45-16-7-12-23-56(45)75-62)37-79(59)64(82)54(55)39-91-67(72)86)93-66(85)61(41(2)3)77-63(81)57(24-13-14-31-73-69(88)92-38-53-51-21-10-8-19-49(51)50-20-9-11-22-52(50)53)76-68(87)74-48-18-15-17-44(34-48)43-27-25-42(26-28-43)32-58(65(83)84)78-94(89,90)40-71-30-29-47(35-60(71)80)70(71,4)5/h7-12,15-23,25-28,33-34,36,41,47,53,57-58,61,78H,6,13-14,24,29-32,35,37-40H2,1-5H3,(H,73,88)(H,77,81)(H,83,84)(H2,74,76,87)/t47?,57-,58+,61+,71?,72-/m0/s1. The number of aliphatic carboxylic acids is 1. The van der Waals surface area contributed by atoms with Gasteiger partial charge in [0.2, 0.25) is 21.5 Å². The van der Waals surface area contributed by atoms with Crippen molar-refractivity contribution in [1.29, 1.82) is 0 Å². The first-order chi connectivity index (χ1) is 45.0. The summed E-state index contributed by atoms with van der Waals surface area (Å²) in [7, 11) is -4.20. The third-order valence-electron chi connectivity index (χ3n) is 20.1. The van der Waals surface area contributed by atoms with E-state index >= 15 is 0 Å². The number of hydrogen-bond donors (Lipinski definition) is 6. The molecule has 4 amide bonds. The number of pyridine rings is 2. The highest BCUT2D eigenvalue weighted by atomic mass is 32.2. The third kappa shape index (κ3) is 12.2. The molecule has 2 fully saturated rings. The molecule has 2 unspecified atom stereocenters. The van der Waals surface area contributed by atoms with Gasteiger partial charge in [-0.15, -0.1) is 0 Å². The molecule has 0 spiro atoms. The number of carboxylic acid groups (broad SMARTS) is 1. The van der Waals surface area contributed by atoms with Crippen LogP contribution in [0, 0.1) is 22.7 Å². The predicted molar refractivity (Wildman–Crippen MR) is 351 cm³/mol. The lowest BCUT2D eigenvalue weighted by atomic mass is 9.70. The Morgan fingerprint density at radius 1 is 0.819 bits per heavy atom. The number of rotatable bonds is 23. The number of sulfonamides is 1. The van der Waals surface area contributed by atoms with Crippen molar-refractivity contribution in [2.24, 2.45) is 22.7 Å². The summed E-state index contributed by atoms with van der Waals surface area (Å²) in [6.45, 7) is 8.98. The number of para-hydroxylation sites is 1. The van der Waals surface area contributed by atoms with Gasteiger partial charge in [-0.2, -0.15) is 0 Å². The number of alkyl carbamates (subject to hydrolysis) is 1. The first-order valence-electron chi connectivity index (χ1n) is 32.0. The van der Waals surface area contributed by atoms with Gasteiger partial charge in [-0.3, -0.25) is 19.2 Å². The molecular formula is C72H75N7O14S. The van der Waals surface area contributed by atoms with Crippen LogP contribution < -0.4 is 31.5 Å². The molecule has 0 saturated heterocycles. The fraction of sp³-hybridized carbons (Fsp3) is 0.375. The van der Waals surface area contributed by atoms with Crippen molar-refractivity contribution in [2.75, 3.05) is 24.2 Å². The Bertz CT molecular complexity index is 4350. The molecule has 6 atom stereocenters. The number of benzene rings is 5. The summed E-state index contributed by atoms with van der Waals surface area (Å²) >= 11 is 0. The number of hydrogen-bond acceptors (Lipinski definition) is 14. The van der Waals surface area contributed by atoms with E-state index in [1.165, 1.54) is 0 Å². The Morgan fingerprint density at radius 3 is 2.21 bits per heavy atom. The lowest BCUT2D eigenvalue weighted by Crippen LogP contribution is -2.56. The quantitative estimate of drug-likeness (QED) is 0.0197. The number of aromatic nitrogens is 2. The van der Waals surface area contributed by atoms with Gasteiger partial charge >= 0.3 is 30.0 Å². The summed E-state index contributed by atoms with van der Waals surface area (Å²) in [5.74, 6) is -5.27. The number of unbranched alkanes of at least 4 members (excludes halogenated alkanes) is 1. The van der Waals surface area contributed by atoms with Crippen molar-refractivity contribution in [1.82, 2.24) is 30.2 Å². The van der Waals surface area contributed by atoms with Gasteiger partial charge in [0.15, 0.2) is 0 Å². The topological polar surface area (TPSA) is 297 Å². The van der Waals surface area contributed by atoms with Crippen LogP contribution in [-0.4, -0.2) is 102 Å². The number of fused-ring (bicyclic) bond motifs is 10. The van der Waals surface area contributed by atoms with Crippen LogP contribution in [0.15, 0.2) is 138 Å². The Hall–Kier alpha value is -9.54. The van der Waals surface area contributed by atoms with E-state index in [1.807, 2.05) is 92.7 Å². The minimum Gasteiger partial charge on any atom is -0.480 e. The third-order valence-corrected chi connectivity index (χ3v) is 21.6. The van der Waals surface area contributed by atoms with Gasteiger partial charge in [0.1, 0.15) is 37.1 Å². The normalized spacial score (nSPS) is 19.8. The van der Waals surface area contributed by atoms with Crippen molar-refractivity contribution < 1.29 is 61.3 Å². The number of nitrogens with one attached hydrogen (secondary N) is 5. The molecular weight excluding hydrogens is 1220 g/mol. The average Bonchev–Trinajstić information content (AvgIpc) is 1.52. The van der Waals surface area contributed by atoms with Crippen molar-refractivity contribution in [3.63, 3.8) is 0 Å². The van der Waals surface area contributed by atoms with Gasteiger partial charge in [0.25, 0.3) is 5.56 Å². The summed E-state index contributed by atoms with van der Waals surface area (Å²) in [5.41, 5.74) is 5.20. The van der Waals surface area contributed by atoms with E-state index in [9.17, 15) is 51.9 Å². The minimum absolute atomic E-state index is 0.0273. The van der Waals surface area contributed by atoms with Crippen LogP contribution in [0.2, 0.25) is 0 Å². The largest absolute Gasteiger partial charge is 0.480 e. The first kappa shape index (κ1) is 64.6. The van der Waals surface area contributed by atoms with Crippen LogP contribution in [0.5, 0.6) is 0 Å². The highest BCUT2D eigenvalue weighted by Gasteiger charge is 2.65. The lowest BCUT2D eigenvalue weighted by molar-refractivity contribution is -0.191. The maximum Gasteiger partial charge on any atom is 0.407 e. The zero-order valence-electron chi connectivity index (χ0n) is 52.9. The average molecular weight is 1290 g/mol. The van der Waals surface area contributed by atoms with Crippen LogP contribution in [0.1, 0.15) is 119 Å². The number of ketones is 1. The van der Waals surface area contributed by atoms with Crippen molar-refractivity contribution in [2.45, 2.75) is 129 Å². The van der Waals surface area contributed by atoms with Gasteiger partial charge in [-0.25, -0.2) is 37.3 Å². The Kier molecular flexibility index (Phi) is 17.7. The second-order valence-electron chi connectivity index (χ2n) is 26.2. The van der Waals surface area contributed by atoms with E-state index in [0.717, 1.165) is 39.6 Å². The monoisotopic (exact) mass is 1290 g/mol. The molecule has 3 aliphatic carbocycles. The highest BCUT2D eigenvalue weighted by Crippen LogP contribution is 2.64. The fourth-order valence-corrected chi connectivity index (χ4v) is 16.7. The molecule has 2 saturated carbocycles. The summed E-state index contributed by atoms with van der Waals surface area (Å²) in [6.07, 6.45) is 1.25. The van der Waals surface area contributed by atoms with Gasteiger partial charge in [0.05, 0.1) is 34.8 Å². The molecule has 2 aliphatic heterocycles. The van der Waals surface area contributed by atoms with Crippen LogP contribution in [0.4, 0.5) is 15.3 Å². The number of carboxylic acids is 1. The second-order valence-corrected chi connectivity index (χ2v) is 28.0. The van der Waals surface area contributed by atoms with Crippen molar-refractivity contribution >= 4 is 68.3 Å². The molecule has 12 rings (SSSR count). The summed E-state index contributed by atoms with van der Waals surface area (Å²) in [5, 5.41) is 22.2. The number of anilines is 1. The van der Waals surface area contributed by atoms with Crippen molar-refractivity contribution in [3.8, 4) is 33.6 Å². The molecule has 0 radical (unpaired) electrons. The van der Waals surface area contributed by atoms with Crippen molar-refractivity contribution in [3.05, 3.63) is 177 Å². The SMILES string of the molecule is CC[C@@]1(OC(=O)[C@H](NC(=O)[C@H](CCCCNC(=O)OCC2c3ccccc3-c3ccccc32)NC(=O)Nc2cccc(-c3ccc(C[C@@H](NS(=O)(=O)CC45CCC(CC4=O)C5(C)C)C(=O)O)cc3)c2)C(C)C)C(=O)OCc2c1cc1n(c2=O)Cc2cc3ccccc3nc2-1. The zero-order chi connectivity index (χ0) is 66.4. The molecule has 6 N–H and O–H groups in total. The van der Waals surface area contributed by atoms with Gasteiger partial charge in [-0.05, 0) is 131 Å². The van der Waals surface area contributed by atoms with Gasteiger partial charge < -0.3 is 45.2 Å². The number of carbonyl (C=O) groups excluding carboxylic acids is 6. The van der Waals surface area contributed by atoms with E-state index in [4.69, 9.17) is 19.2 Å². The number of Topliss-reactive ketones (excluding diaryl/α,β-unsaturated/α-hetero) is 1. The van der Waals surface area contributed by atoms with E-state index in [-0.39, 0.29) is 74.3 Å². The number of cyclic esters (lactones) is 1. The molecule has 22 heteroatoms. The maximum atomic E-state index is 14.7. The number of carbonyl (C=O) groups is 7. The molecule has 4 heterocycles. The Labute approximate surface area is 543 Å². The highest BCUT2D eigenvalue weighted by molar-refractivity contribution is 7.89. The van der Waals surface area contributed by atoms with E-state index in [1.54, 1.807) is 79.9 Å². The number of urea groups is 1. The molecule has 94 heavy (non-hydrogen) atoms. The summed E-state index contributed by atoms with van der Waals surface area (Å²) in [6, 6.07) is 35.9. The number of amides is 4. The lowest BCUT2D eigenvalue weighted by Gasteiger charge is -2.37. The zero-order valence-corrected chi connectivity index (χ0v) is 53.7. The second kappa shape index (κ2) is 25.7. The van der Waals surface area contributed by atoms with Crippen LogP contribution in [-0.2, 0) is 73.4 Å². The molecule has 5 aliphatic rings. The Balaban J connectivity index is 0.726. The molecule has 21 nitrogen and oxygen atoms in total. The molecule has 7 aromatic rings. The van der Waals surface area contributed by atoms with E-state index in [2.05, 4.69) is 26.0 Å². The molecule has 488 valence electrons. The number of nitrogens with zero attached hydrogens (tertiary/aromatic N) is 2. The molecule has 2 aromatic heterocycles. The number of esters is 2. The minimum atomic E-state index is -4.20. The number of ether oxygens (including phenoxy) is 3. The molecule has 5 aromatic carbocycles. The molecule has 2 bridgehead atoms. The fourth-order valence-electron chi connectivity index (χ4n) is 14.7. The van der Waals surface area contributed by atoms with Crippen LogP contribution in [0.3, 0.4) is 0 Å². The summed E-state index contributed by atoms with van der Waals surface area (Å²) < 4.78 is 48.7. The Morgan fingerprint density at radius 2 is 1.53 bits per heavy atom. The summed E-state index contributed by atoms with van der Waals surface area (Å²) in [4.78, 5) is 116. The van der Waals surface area contributed by atoms with Crippen LogP contribution >= 0.6 is 0 Å². The maximum absolute atomic E-state index is 14.7. The van der Waals surface area contributed by atoms with Gasteiger partial charge in [-0.1, -0.05) is 138 Å².